The van der Waals surface area contributed by atoms with E-state index in [0.29, 0.717) is 24.3 Å². The summed E-state index contributed by atoms with van der Waals surface area (Å²) in [7, 11) is 0. The van der Waals surface area contributed by atoms with Crippen molar-refractivity contribution in [2.75, 3.05) is 0 Å². The number of aliphatic carboxylic acids is 2. The largest absolute Gasteiger partial charge is 0.481 e. The number of amides is 2. The van der Waals surface area contributed by atoms with Crippen LogP contribution in [-0.2, 0) is 19.2 Å². The minimum absolute atomic E-state index is 0.0849. The maximum absolute atomic E-state index is 12.2. The molecule has 4 N–H and O–H groups in total. The molecule has 2 aromatic rings. The molecule has 38 heavy (non-hydrogen) atoms. The van der Waals surface area contributed by atoms with Gasteiger partial charge in [0, 0.05) is 25.7 Å². The molecule has 0 aliphatic rings. The number of hydrogen-bond donors (Lipinski definition) is 4. The smallest absolute Gasteiger partial charge is 0.303 e. The molecule has 2 aromatic carbocycles. The molecule has 0 atom stereocenters. The molecule has 10 heteroatoms. The SMILES string of the molecule is O=C(O)CC/C(=N\NC(=O)CCCCCCC(=O)N/N=C(\CCC(=O)O)c1ccccc1)c1ccccc1. The topological polar surface area (TPSA) is 158 Å². The van der Waals surface area contributed by atoms with Crippen molar-refractivity contribution in [2.24, 2.45) is 10.2 Å². The fourth-order valence-corrected chi connectivity index (χ4v) is 3.54. The first kappa shape index (κ1) is 29.9. The Morgan fingerprint density at radius 3 is 1.24 bits per heavy atom. The number of benzene rings is 2. The van der Waals surface area contributed by atoms with Gasteiger partial charge < -0.3 is 10.2 Å². The lowest BCUT2D eigenvalue weighted by Gasteiger charge is -2.07. The second-order valence-electron chi connectivity index (χ2n) is 8.62. The van der Waals surface area contributed by atoms with Gasteiger partial charge in [-0.3, -0.25) is 19.2 Å². The fourth-order valence-electron chi connectivity index (χ4n) is 3.54. The quantitative estimate of drug-likeness (QED) is 0.139. The summed E-state index contributed by atoms with van der Waals surface area (Å²) in [5.74, 6) is -2.38. The molecule has 0 fully saturated rings. The molecule has 202 valence electrons. The molecule has 0 saturated heterocycles. The van der Waals surface area contributed by atoms with Gasteiger partial charge in [-0.05, 0) is 24.0 Å². The molecule has 0 aliphatic carbocycles. The molecule has 10 nitrogen and oxygen atoms in total. The van der Waals surface area contributed by atoms with Gasteiger partial charge >= 0.3 is 11.9 Å². The predicted molar refractivity (Wildman–Crippen MR) is 144 cm³/mol. The zero-order valence-electron chi connectivity index (χ0n) is 21.3. The molecular formula is C28H34N4O6. The van der Waals surface area contributed by atoms with Crippen LogP contribution in [0.2, 0.25) is 0 Å². The number of nitrogens with zero attached hydrogens (tertiary/aromatic N) is 2. The van der Waals surface area contributed by atoms with Crippen LogP contribution in [0.15, 0.2) is 70.9 Å². The Kier molecular flexibility index (Phi) is 13.5. The molecule has 0 saturated carbocycles. The Hall–Kier alpha value is -4.34. The molecule has 0 aliphatic heterocycles. The summed E-state index contributed by atoms with van der Waals surface area (Å²) in [5.41, 5.74) is 7.56. The predicted octanol–water partition coefficient (Wildman–Crippen LogP) is 4.10. The number of hydrazone groups is 2. The molecule has 0 spiro atoms. The highest BCUT2D eigenvalue weighted by atomic mass is 16.4. The normalized spacial score (nSPS) is 11.6. The lowest BCUT2D eigenvalue weighted by atomic mass is 10.1. The van der Waals surface area contributed by atoms with Crippen molar-refractivity contribution in [3.05, 3.63) is 71.8 Å². The molecule has 0 unspecified atom stereocenters. The maximum atomic E-state index is 12.2. The number of carbonyl (C=O) groups is 4. The van der Waals surface area contributed by atoms with Gasteiger partial charge in [-0.2, -0.15) is 10.2 Å². The molecule has 0 aromatic heterocycles. The first-order valence-corrected chi connectivity index (χ1v) is 12.6. The van der Waals surface area contributed by atoms with Crippen LogP contribution in [0.25, 0.3) is 0 Å². The monoisotopic (exact) mass is 522 g/mol. The lowest BCUT2D eigenvalue weighted by molar-refractivity contribution is -0.137. The number of carboxylic acids is 2. The van der Waals surface area contributed by atoms with E-state index >= 15 is 0 Å². The van der Waals surface area contributed by atoms with Crippen LogP contribution in [0.1, 0.15) is 75.3 Å². The molecule has 0 bridgehead atoms. The van der Waals surface area contributed by atoms with E-state index in [2.05, 4.69) is 21.1 Å². The van der Waals surface area contributed by atoms with Crippen LogP contribution in [0.5, 0.6) is 0 Å². The number of carbonyl (C=O) groups excluding carboxylic acids is 2. The molecule has 2 amide bonds. The maximum Gasteiger partial charge on any atom is 0.303 e. The Morgan fingerprint density at radius 2 is 0.895 bits per heavy atom. The van der Waals surface area contributed by atoms with Gasteiger partial charge in [0.05, 0.1) is 24.3 Å². The molecule has 0 radical (unpaired) electrons. The molecule has 2 rings (SSSR count). The van der Waals surface area contributed by atoms with Crippen molar-refractivity contribution in [3.63, 3.8) is 0 Å². The standard InChI is InChI=1S/C28H34N4O6/c33-25(31-29-23(17-19-27(35)36)21-11-5-3-6-12-21)15-9-1-2-10-16-26(34)32-30-24(18-20-28(37)38)22-13-7-4-8-14-22/h3-8,11-14H,1-2,9-10,15-20H2,(H,31,33)(H,32,34)(H,35,36)(H,37,38)/b29-23+,30-24+. The van der Waals surface area contributed by atoms with Gasteiger partial charge in [-0.1, -0.05) is 73.5 Å². The summed E-state index contributed by atoms with van der Waals surface area (Å²) in [4.78, 5) is 46.2. The van der Waals surface area contributed by atoms with E-state index in [9.17, 15) is 19.2 Å². The second-order valence-corrected chi connectivity index (χ2v) is 8.62. The van der Waals surface area contributed by atoms with E-state index in [0.717, 1.165) is 24.0 Å². The van der Waals surface area contributed by atoms with Crippen molar-refractivity contribution in [3.8, 4) is 0 Å². The van der Waals surface area contributed by atoms with Gasteiger partial charge in [0.2, 0.25) is 11.8 Å². The van der Waals surface area contributed by atoms with Crippen molar-refractivity contribution >= 4 is 35.2 Å². The third-order valence-corrected chi connectivity index (χ3v) is 5.55. The van der Waals surface area contributed by atoms with Crippen LogP contribution >= 0.6 is 0 Å². The van der Waals surface area contributed by atoms with Gasteiger partial charge in [0.25, 0.3) is 0 Å². The first-order valence-electron chi connectivity index (χ1n) is 12.6. The zero-order valence-corrected chi connectivity index (χ0v) is 21.3. The summed E-state index contributed by atoms with van der Waals surface area (Å²) >= 11 is 0. The summed E-state index contributed by atoms with van der Waals surface area (Å²) in [5, 5.41) is 26.2. The van der Waals surface area contributed by atoms with Gasteiger partial charge in [-0.25, -0.2) is 10.9 Å². The minimum atomic E-state index is -0.935. The number of unbranched alkanes of at least 4 members (excludes halogenated alkanes) is 3. The number of carboxylic acid groups (broad SMARTS) is 2. The van der Waals surface area contributed by atoms with Crippen LogP contribution in [0, 0.1) is 0 Å². The Morgan fingerprint density at radius 1 is 0.526 bits per heavy atom. The van der Waals surface area contributed by atoms with E-state index in [1.165, 1.54) is 0 Å². The Balaban J connectivity index is 1.70. The Labute approximate surface area is 221 Å². The van der Waals surface area contributed by atoms with Crippen LogP contribution < -0.4 is 10.9 Å². The average molecular weight is 523 g/mol. The minimum Gasteiger partial charge on any atom is -0.481 e. The highest BCUT2D eigenvalue weighted by molar-refractivity contribution is 6.02. The van der Waals surface area contributed by atoms with Crippen molar-refractivity contribution in [1.82, 2.24) is 10.9 Å². The van der Waals surface area contributed by atoms with Crippen LogP contribution in [0.4, 0.5) is 0 Å². The van der Waals surface area contributed by atoms with Gasteiger partial charge in [-0.15, -0.1) is 0 Å². The third-order valence-electron chi connectivity index (χ3n) is 5.55. The van der Waals surface area contributed by atoms with E-state index in [1.54, 1.807) is 0 Å². The summed E-state index contributed by atoms with van der Waals surface area (Å²) in [6, 6.07) is 18.2. The van der Waals surface area contributed by atoms with E-state index in [1.807, 2.05) is 60.7 Å². The van der Waals surface area contributed by atoms with E-state index < -0.39 is 11.9 Å². The van der Waals surface area contributed by atoms with Gasteiger partial charge in [0.1, 0.15) is 0 Å². The number of hydrogen-bond acceptors (Lipinski definition) is 6. The van der Waals surface area contributed by atoms with Crippen LogP contribution in [0.3, 0.4) is 0 Å². The molecular weight excluding hydrogens is 488 g/mol. The highest BCUT2D eigenvalue weighted by Crippen LogP contribution is 2.09. The van der Waals surface area contributed by atoms with Crippen molar-refractivity contribution in [1.29, 1.82) is 0 Å². The summed E-state index contributed by atoms with van der Waals surface area (Å²) in [6.07, 6.45) is 3.55. The third kappa shape index (κ3) is 12.6. The highest BCUT2D eigenvalue weighted by Gasteiger charge is 2.10. The summed E-state index contributed by atoms with van der Waals surface area (Å²) in [6.45, 7) is 0. The number of rotatable bonds is 17. The lowest BCUT2D eigenvalue weighted by Crippen LogP contribution is -2.20. The van der Waals surface area contributed by atoms with Crippen molar-refractivity contribution < 1.29 is 29.4 Å². The van der Waals surface area contributed by atoms with E-state index in [-0.39, 0.29) is 50.3 Å². The second kappa shape index (κ2) is 17.2. The summed E-state index contributed by atoms with van der Waals surface area (Å²) < 4.78 is 0. The van der Waals surface area contributed by atoms with E-state index in [4.69, 9.17) is 10.2 Å². The molecule has 0 heterocycles. The zero-order chi connectivity index (χ0) is 27.6. The first-order chi connectivity index (χ1) is 18.3. The Bertz CT molecular complexity index is 1030. The number of nitrogens with one attached hydrogen (secondary N) is 2. The van der Waals surface area contributed by atoms with Gasteiger partial charge in [0.15, 0.2) is 0 Å². The van der Waals surface area contributed by atoms with Crippen molar-refractivity contribution in [2.45, 2.75) is 64.2 Å². The average Bonchev–Trinajstić information content (AvgIpc) is 2.91. The fraction of sp³-hybridized carbons (Fsp3) is 0.357. The van der Waals surface area contributed by atoms with Crippen LogP contribution in [-0.4, -0.2) is 45.4 Å².